The predicted octanol–water partition coefficient (Wildman–Crippen LogP) is 5.77. The van der Waals surface area contributed by atoms with E-state index in [1.807, 2.05) is 0 Å². The Balaban J connectivity index is 1.54. The molecule has 0 saturated carbocycles. The molecular formula is C23H31NO. The summed E-state index contributed by atoms with van der Waals surface area (Å²) in [6.45, 7) is 5.94. The number of hydrogen-bond donors (Lipinski definition) is 0. The van der Waals surface area contributed by atoms with Gasteiger partial charge in [-0.15, -0.1) is 0 Å². The molecule has 2 aromatic carbocycles. The highest BCUT2D eigenvalue weighted by atomic mass is 16.5. The summed E-state index contributed by atoms with van der Waals surface area (Å²) in [4.78, 5) is 2.63. The SMILES string of the molecule is Cc1ccc(OC(CCCCN2CCCCC2)c2ccccc2)cc1. The molecular weight excluding hydrogens is 306 g/mol. The summed E-state index contributed by atoms with van der Waals surface area (Å²) in [5.74, 6) is 0.968. The summed E-state index contributed by atoms with van der Waals surface area (Å²) in [6.07, 6.45) is 7.86. The summed E-state index contributed by atoms with van der Waals surface area (Å²) in [6, 6.07) is 19.1. The lowest BCUT2D eigenvalue weighted by molar-refractivity contribution is 0.182. The van der Waals surface area contributed by atoms with Gasteiger partial charge in [0.05, 0.1) is 0 Å². The molecule has 1 atom stereocenters. The van der Waals surface area contributed by atoms with E-state index in [1.54, 1.807) is 0 Å². The van der Waals surface area contributed by atoms with E-state index in [2.05, 4.69) is 66.4 Å². The van der Waals surface area contributed by atoms with E-state index in [1.165, 1.54) is 62.9 Å². The monoisotopic (exact) mass is 337 g/mol. The van der Waals surface area contributed by atoms with E-state index in [-0.39, 0.29) is 6.10 Å². The van der Waals surface area contributed by atoms with Gasteiger partial charge in [0.2, 0.25) is 0 Å². The Hall–Kier alpha value is -1.80. The third-order valence-corrected chi connectivity index (χ3v) is 5.11. The number of nitrogens with zero attached hydrogens (tertiary/aromatic N) is 1. The molecule has 1 unspecified atom stereocenters. The maximum absolute atomic E-state index is 6.33. The highest BCUT2D eigenvalue weighted by Crippen LogP contribution is 2.27. The summed E-state index contributed by atoms with van der Waals surface area (Å²) in [5.41, 5.74) is 2.55. The van der Waals surface area contributed by atoms with Crippen molar-refractivity contribution in [3.63, 3.8) is 0 Å². The minimum Gasteiger partial charge on any atom is -0.486 e. The average molecular weight is 338 g/mol. The van der Waals surface area contributed by atoms with Crippen molar-refractivity contribution in [2.45, 2.75) is 51.6 Å². The van der Waals surface area contributed by atoms with Gasteiger partial charge in [-0.1, -0.05) is 54.4 Å². The summed E-state index contributed by atoms with van der Waals surface area (Å²) < 4.78 is 6.33. The minimum atomic E-state index is 0.144. The van der Waals surface area contributed by atoms with Gasteiger partial charge in [0.15, 0.2) is 0 Å². The Bertz CT molecular complexity index is 602. The first-order valence-corrected chi connectivity index (χ1v) is 9.82. The van der Waals surface area contributed by atoms with E-state index in [0.29, 0.717) is 0 Å². The largest absolute Gasteiger partial charge is 0.486 e. The molecule has 0 aliphatic carbocycles. The van der Waals surface area contributed by atoms with Crippen molar-refractivity contribution < 1.29 is 4.74 Å². The van der Waals surface area contributed by atoms with Crippen molar-refractivity contribution in [3.05, 3.63) is 65.7 Å². The molecule has 3 rings (SSSR count). The molecule has 1 saturated heterocycles. The Morgan fingerprint density at radius 3 is 2.32 bits per heavy atom. The molecule has 1 aliphatic heterocycles. The topological polar surface area (TPSA) is 12.5 Å². The Morgan fingerprint density at radius 2 is 1.60 bits per heavy atom. The molecule has 25 heavy (non-hydrogen) atoms. The molecule has 0 radical (unpaired) electrons. The van der Waals surface area contributed by atoms with Crippen LogP contribution < -0.4 is 4.74 Å². The first-order valence-electron chi connectivity index (χ1n) is 9.82. The van der Waals surface area contributed by atoms with Gasteiger partial charge >= 0.3 is 0 Å². The fraction of sp³-hybridized carbons (Fsp3) is 0.478. The smallest absolute Gasteiger partial charge is 0.124 e. The molecule has 0 bridgehead atoms. The molecule has 0 amide bonds. The molecule has 0 N–H and O–H groups in total. The van der Waals surface area contributed by atoms with Crippen LogP contribution in [-0.4, -0.2) is 24.5 Å². The second-order valence-corrected chi connectivity index (χ2v) is 7.23. The van der Waals surface area contributed by atoms with Crippen molar-refractivity contribution in [1.29, 1.82) is 0 Å². The average Bonchev–Trinajstić information content (AvgIpc) is 2.67. The standard InChI is InChI=1S/C23H31NO/c1-20-13-15-22(16-14-20)25-23(21-10-4-2-5-11-21)12-6-9-19-24-17-7-3-8-18-24/h2,4-5,10-11,13-16,23H,3,6-9,12,17-19H2,1H3. The number of rotatable bonds is 8. The molecule has 134 valence electrons. The first kappa shape index (κ1) is 18.0. The number of piperidine rings is 1. The van der Waals surface area contributed by atoms with E-state index in [0.717, 1.165) is 12.2 Å². The number of aryl methyl sites for hydroxylation is 1. The molecule has 1 fully saturated rings. The third kappa shape index (κ3) is 5.89. The van der Waals surface area contributed by atoms with E-state index < -0.39 is 0 Å². The lowest BCUT2D eigenvalue weighted by Crippen LogP contribution is -2.30. The summed E-state index contributed by atoms with van der Waals surface area (Å²) >= 11 is 0. The molecule has 2 aromatic rings. The number of likely N-dealkylation sites (tertiary alicyclic amines) is 1. The van der Waals surface area contributed by atoms with Crippen LogP contribution in [0.15, 0.2) is 54.6 Å². The van der Waals surface area contributed by atoms with E-state index in [9.17, 15) is 0 Å². The number of unbranched alkanes of at least 4 members (excludes halogenated alkanes) is 1. The van der Waals surface area contributed by atoms with Crippen molar-refractivity contribution in [1.82, 2.24) is 4.90 Å². The highest BCUT2D eigenvalue weighted by Gasteiger charge is 2.14. The lowest BCUT2D eigenvalue weighted by atomic mass is 10.0. The van der Waals surface area contributed by atoms with Crippen LogP contribution in [0.5, 0.6) is 5.75 Å². The molecule has 1 aliphatic rings. The second-order valence-electron chi connectivity index (χ2n) is 7.23. The van der Waals surface area contributed by atoms with Gasteiger partial charge in [0.1, 0.15) is 11.9 Å². The van der Waals surface area contributed by atoms with Crippen molar-refractivity contribution in [3.8, 4) is 5.75 Å². The fourth-order valence-corrected chi connectivity index (χ4v) is 3.59. The van der Waals surface area contributed by atoms with Crippen LogP contribution in [0.4, 0.5) is 0 Å². The van der Waals surface area contributed by atoms with Crippen LogP contribution in [0.25, 0.3) is 0 Å². The van der Waals surface area contributed by atoms with Crippen LogP contribution in [0.2, 0.25) is 0 Å². The van der Waals surface area contributed by atoms with Gasteiger partial charge in [-0.2, -0.15) is 0 Å². The molecule has 2 nitrogen and oxygen atoms in total. The Kier molecular flexibility index (Phi) is 6.93. The van der Waals surface area contributed by atoms with Crippen LogP contribution in [0, 0.1) is 6.92 Å². The highest BCUT2D eigenvalue weighted by molar-refractivity contribution is 5.28. The van der Waals surface area contributed by atoms with Crippen molar-refractivity contribution in [2.75, 3.05) is 19.6 Å². The zero-order valence-electron chi connectivity index (χ0n) is 15.5. The van der Waals surface area contributed by atoms with Crippen molar-refractivity contribution >= 4 is 0 Å². The molecule has 2 heteroatoms. The van der Waals surface area contributed by atoms with E-state index in [4.69, 9.17) is 4.74 Å². The number of ether oxygens (including phenoxy) is 1. The maximum atomic E-state index is 6.33. The lowest BCUT2D eigenvalue weighted by Gasteiger charge is -2.26. The number of benzene rings is 2. The Labute approximate surface area is 152 Å². The normalized spacial score (nSPS) is 16.5. The van der Waals surface area contributed by atoms with Crippen molar-refractivity contribution in [2.24, 2.45) is 0 Å². The maximum Gasteiger partial charge on any atom is 0.124 e. The predicted molar refractivity (Wildman–Crippen MR) is 105 cm³/mol. The van der Waals surface area contributed by atoms with Crippen LogP contribution in [0.3, 0.4) is 0 Å². The Morgan fingerprint density at radius 1 is 0.880 bits per heavy atom. The zero-order chi connectivity index (χ0) is 17.3. The van der Waals surface area contributed by atoms with Gasteiger partial charge < -0.3 is 9.64 Å². The van der Waals surface area contributed by atoms with Gasteiger partial charge in [-0.05, 0) is 76.4 Å². The second kappa shape index (κ2) is 9.62. The van der Waals surface area contributed by atoms with Crippen LogP contribution in [0.1, 0.15) is 55.8 Å². The van der Waals surface area contributed by atoms with E-state index >= 15 is 0 Å². The third-order valence-electron chi connectivity index (χ3n) is 5.11. The quantitative estimate of drug-likeness (QED) is 0.567. The molecule has 0 aromatic heterocycles. The van der Waals surface area contributed by atoms with Gasteiger partial charge in [0, 0.05) is 0 Å². The number of hydrogen-bond acceptors (Lipinski definition) is 2. The van der Waals surface area contributed by atoms with Crippen LogP contribution in [-0.2, 0) is 0 Å². The van der Waals surface area contributed by atoms with Crippen LogP contribution >= 0.6 is 0 Å². The van der Waals surface area contributed by atoms with Gasteiger partial charge in [-0.3, -0.25) is 0 Å². The molecule has 1 heterocycles. The summed E-state index contributed by atoms with van der Waals surface area (Å²) in [7, 11) is 0. The zero-order valence-corrected chi connectivity index (χ0v) is 15.5. The summed E-state index contributed by atoms with van der Waals surface area (Å²) in [5, 5.41) is 0. The fourth-order valence-electron chi connectivity index (χ4n) is 3.59. The minimum absolute atomic E-state index is 0.144. The first-order chi connectivity index (χ1) is 12.3. The molecule has 0 spiro atoms. The van der Waals surface area contributed by atoms with Gasteiger partial charge in [-0.25, -0.2) is 0 Å². The van der Waals surface area contributed by atoms with Gasteiger partial charge in [0.25, 0.3) is 0 Å².